The van der Waals surface area contributed by atoms with Crippen molar-refractivity contribution in [1.82, 2.24) is 0 Å². The summed E-state index contributed by atoms with van der Waals surface area (Å²) in [5.74, 6) is -0.109. The average Bonchev–Trinajstić information content (AvgIpc) is 2.26. The lowest BCUT2D eigenvalue weighted by atomic mass is 9.80. The zero-order chi connectivity index (χ0) is 14.2. The van der Waals surface area contributed by atoms with Crippen molar-refractivity contribution in [3.63, 3.8) is 0 Å². The molecule has 2 N–H and O–H groups in total. The van der Waals surface area contributed by atoms with E-state index < -0.39 is 20.9 Å². The molecule has 1 aliphatic rings. The maximum Gasteiger partial charge on any atom is 0.183 e. The highest BCUT2D eigenvalue weighted by atomic mass is 32.2. The Labute approximate surface area is 113 Å². The van der Waals surface area contributed by atoms with E-state index in [9.17, 15) is 12.8 Å². The zero-order valence-electron chi connectivity index (χ0n) is 11.2. The highest BCUT2D eigenvalue weighted by molar-refractivity contribution is 7.92. The van der Waals surface area contributed by atoms with Gasteiger partial charge in [0.15, 0.2) is 9.84 Å². The Kier molecular flexibility index (Phi) is 3.97. The quantitative estimate of drug-likeness (QED) is 0.907. The Morgan fingerprint density at radius 1 is 1.26 bits per heavy atom. The van der Waals surface area contributed by atoms with Gasteiger partial charge in [0.25, 0.3) is 0 Å². The first-order valence-corrected chi connectivity index (χ1v) is 8.12. The topological polar surface area (TPSA) is 60.2 Å². The van der Waals surface area contributed by atoms with E-state index >= 15 is 0 Å². The molecule has 1 aliphatic carbocycles. The Bertz CT molecular complexity index is 546. The van der Waals surface area contributed by atoms with Crippen LogP contribution in [-0.4, -0.2) is 19.7 Å². The zero-order valence-corrected chi connectivity index (χ0v) is 12.0. The monoisotopic (exact) mass is 285 g/mol. The Balaban J connectivity index is 2.39. The molecule has 1 fully saturated rings. The van der Waals surface area contributed by atoms with Crippen molar-refractivity contribution in [2.45, 2.75) is 42.9 Å². The fraction of sp³-hybridized carbons (Fsp3) is 0.571. The highest BCUT2D eigenvalue weighted by Crippen LogP contribution is 2.35. The molecule has 1 aromatic rings. The molecule has 0 amide bonds. The first kappa shape index (κ1) is 14.5. The number of hydrogen-bond donors (Lipinski definition) is 1. The summed E-state index contributed by atoms with van der Waals surface area (Å²) in [6, 6.07) is 4.80. The van der Waals surface area contributed by atoms with Crippen molar-refractivity contribution in [1.29, 1.82) is 0 Å². The van der Waals surface area contributed by atoms with Crippen LogP contribution in [0.15, 0.2) is 29.2 Å². The highest BCUT2D eigenvalue weighted by Gasteiger charge is 2.41. The molecular formula is C14H20FNO2S. The third kappa shape index (κ3) is 2.82. The minimum atomic E-state index is -3.57. The number of benzene rings is 1. The summed E-state index contributed by atoms with van der Waals surface area (Å²) in [5, 5.41) is -0.620. The van der Waals surface area contributed by atoms with Crippen LogP contribution < -0.4 is 5.73 Å². The van der Waals surface area contributed by atoms with Crippen LogP contribution in [-0.2, 0) is 9.84 Å². The number of rotatable bonds is 2. The summed E-state index contributed by atoms with van der Waals surface area (Å²) in [7, 11) is -3.57. The van der Waals surface area contributed by atoms with E-state index in [2.05, 4.69) is 6.92 Å². The molecule has 0 aromatic heterocycles. The maximum atomic E-state index is 13.2. The molecule has 2 rings (SSSR count). The van der Waals surface area contributed by atoms with Gasteiger partial charge in [0.2, 0.25) is 0 Å². The number of halogens is 1. The minimum absolute atomic E-state index is 0.00739. The van der Waals surface area contributed by atoms with E-state index in [1.807, 2.05) is 6.92 Å². The van der Waals surface area contributed by atoms with Gasteiger partial charge in [0.05, 0.1) is 10.1 Å². The minimum Gasteiger partial charge on any atom is -0.326 e. The van der Waals surface area contributed by atoms with Gasteiger partial charge < -0.3 is 5.73 Å². The van der Waals surface area contributed by atoms with Gasteiger partial charge in [0.1, 0.15) is 5.82 Å². The molecule has 0 saturated heterocycles. The second-order valence-electron chi connectivity index (χ2n) is 5.68. The van der Waals surface area contributed by atoms with Gasteiger partial charge in [-0.05, 0) is 42.9 Å². The van der Waals surface area contributed by atoms with Gasteiger partial charge in [-0.15, -0.1) is 0 Å². The number of hydrogen-bond acceptors (Lipinski definition) is 3. The van der Waals surface area contributed by atoms with Crippen molar-refractivity contribution in [3.8, 4) is 0 Å². The van der Waals surface area contributed by atoms with Crippen LogP contribution in [0.1, 0.15) is 26.7 Å². The Hall–Kier alpha value is -0.940. The molecule has 5 heteroatoms. The molecule has 0 radical (unpaired) electrons. The van der Waals surface area contributed by atoms with Gasteiger partial charge >= 0.3 is 0 Å². The van der Waals surface area contributed by atoms with Crippen molar-refractivity contribution >= 4 is 9.84 Å². The summed E-state index contributed by atoms with van der Waals surface area (Å²) >= 11 is 0. The van der Waals surface area contributed by atoms with Crippen LogP contribution in [0.2, 0.25) is 0 Å². The van der Waals surface area contributed by atoms with Crippen LogP contribution in [0.25, 0.3) is 0 Å². The Morgan fingerprint density at radius 3 is 2.53 bits per heavy atom. The smallest absolute Gasteiger partial charge is 0.183 e. The lowest BCUT2D eigenvalue weighted by Crippen LogP contribution is -2.49. The maximum absolute atomic E-state index is 13.2. The molecule has 0 bridgehead atoms. The molecule has 0 heterocycles. The summed E-state index contributed by atoms with van der Waals surface area (Å²) < 4.78 is 38.5. The van der Waals surface area contributed by atoms with E-state index in [-0.39, 0.29) is 16.9 Å². The number of nitrogens with two attached hydrogens (primary N) is 1. The van der Waals surface area contributed by atoms with Crippen LogP contribution in [0, 0.1) is 17.7 Å². The molecule has 0 aliphatic heterocycles. The number of sulfone groups is 1. The summed E-state index contributed by atoms with van der Waals surface area (Å²) in [6.45, 7) is 4.00. The third-order valence-electron chi connectivity index (χ3n) is 3.91. The molecule has 19 heavy (non-hydrogen) atoms. The Morgan fingerprint density at radius 2 is 1.95 bits per heavy atom. The van der Waals surface area contributed by atoms with E-state index in [0.29, 0.717) is 12.3 Å². The van der Waals surface area contributed by atoms with Gasteiger partial charge in [-0.3, -0.25) is 0 Å². The molecular weight excluding hydrogens is 265 g/mol. The molecule has 4 atom stereocenters. The van der Waals surface area contributed by atoms with Crippen molar-refractivity contribution in [3.05, 3.63) is 30.1 Å². The van der Waals surface area contributed by atoms with E-state index in [1.54, 1.807) is 0 Å². The van der Waals surface area contributed by atoms with E-state index in [4.69, 9.17) is 5.73 Å². The summed E-state index contributed by atoms with van der Waals surface area (Å²) in [6.07, 6.45) is 1.54. The summed E-state index contributed by atoms with van der Waals surface area (Å²) in [5.41, 5.74) is 6.05. The second-order valence-corrected chi connectivity index (χ2v) is 7.79. The molecule has 0 spiro atoms. The van der Waals surface area contributed by atoms with Gasteiger partial charge in [-0.2, -0.15) is 0 Å². The van der Waals surface area contributed by atoms with Crippen molar-refractivity contribution in [2.75, 3.05) is 0 Å². The largest absolute Gasteiger partial charge is 0.326 e. The average molecular weight is 285 g/mol. The first-order chi connectivity index (χ1) is 8.82. The predicted molar refractivity (Wildman–Crippen MR) is 72.9 cm³/mol. The SMILES string of the molecule is CC1CC(C)C(S(=O)(=O)c2cccc(F)c2)C(N)C1. The van der Waals surface area contributed by atoms with Gasteiger partial charge in [-0.25, -0.2) is 12.8 Å². The fourth-order valence-electron chi connectivity index (χ4n) is 3.22. The van der Waals surface area contributed by atoms with Crippen LogP contribution >= 0.6 is 0 Å². The third-order valence-corrected chi connectivity index (χ3v) is 6.36. The van der Waals surface area contributed by atoms with Crippen molar-refractivity contribution < 1.29 is 12.8 Å². The second kappa shape index (κ2) is 5.21. The van der Waals surface area contributed by atoms with E-state index in [0.717, 1.165) is 12.5 Å². The predicted octanol–water partition coefficient (Wildman–Crippen LogP) is 2.36. The molecule has 1 saturated carbocycles. The standard InChI is InChI=1S/C14H20FNO2S/c1-9-6-10(2)14(13(16)7-9)19(17,18)12-5-3-4-11(15)8-12/h3-5,8-10,13-14H,6-7,16H2,1-2H3. The lowest BCUT2D eigenvalue weighted by Gasteiger charge is -2.37. The van der Waals surface area contributed by atoms with Crippen LogP contribution in [0.3, 0.4) is 0 Å². The molecule has 4 unspecified atom stereocenters. The molecule has 1 aromatic carbocycles. The fourth-order valence-corrected chi connectivity index (χ4v) is 5.38. The van der Waals surface area contributed by atoms with Crippen LogP contribution in [0.5, 0.6) is 0 Å². The van der Waals surface area contributed by atoms with Crippen molar-refractivity contribution in [2.24, 2.45) is 17.6 Å². The van der Waals surface area contributed by atoms with E-state index in [1.165, 1.54) is 18.2 Å². The molecule has 3 nitrogen and oxygen atoms in total. The van der Waals surface area contributed by atoms with Gasteiger partial charge in [0, 0.05) is 6.04 Å². The molecule has 106 valence electrons. The summed E-state index contributed by atoms with van der Waals surface area (Å²) in [4.78, 5) is 0.0364. The van der Waals surface area contributed by atoms with Crippen LogP contribution in [0.4, 0.5) is 4.39 Å². The first-order valence-electron chi connectivity index (χ1n) is 6.57. The van der Waals surface area contributed by atoms with Gasteiger partial charge in [-0.1, -0.05) is 19.9 Å². The normalized spacial score (nSPS) is 32.2. The lowest BCUT2D eigenvalue weighted by molar-refractivity contribution is 0.271.